The maximum absolute atomic E-state index is 12.2. The van der Waals surface area contributed by atoms with Gasteiger partial charge in [-0.3, -0.25) is 9.69 Å². The number of aliphatic hydroxyl groups excluding tert-OH is 1. The van der Waals surface area contributed by atoms with Gasteiger partial charge in [-0.25, -0.2) is 4.79 Å². The van der Waals surface area contributed by atoms with Crippen LogP contribution in [0.4, 0.5) is 0 Å². The van der Waals surface area contributed by atoms with E-state index in [1.165, 1.54) is 13.8 Å². The van der Waals surface area contributed by atoms with E-state index >= 15 is 0 Å². The van der Waals surface area contributed by atoms with E-state index in [2.05, 4.69) is 0 Å². The zero-order chi connectivity index (χ0) is 16.5. The van der Waals surface area contributed by atoms with Gasteiger partial charge in [0.05, 0.1) is 0 Å². The minimum absolute atomic E-state index is 0.139. The van der Waals surface area contributed by atoms with Crippen LogP contribution in [0.25, 0.3) is 0 Å². The number of nitrogens with zero attached hydrogens (tertiary/aromatic N) is 1. The molecule has 2 rings (SSSR count). The highest BCUT2D eigenvalue weighted by Crippen LogP contribution is 2.38. The van der Waals surface area contributed by atoms with Gasteiger partial charge in [-0.2, -0.15) is 0 Å². The van der Waals surface area contributed by atoms with E-state index in [9.17, 15) is 19.8 Å². The van der Waals surface area contributed by atoms with E-state index in [-0.39, 0.29) is 13.0 Å². The van der Waals surface area contributed by atoms with Crippen molar-refractivity contribution in [2.24, 2.45) is 0 Å². The third kappa shape index (κ3) is 2.76. The predicted octanol–water partition coefficient (Wildman–Crippen LogP) is -0.0434. The Kier molecular flexibility index (Phi) is 4.60. The Morgan fingerprint density at radius 1 is 1.55 bits per heavy atom. The van der Waals surface area contributed by atoms with E-state index in [0.717, 1.165) is 0 Å². The van der Waals surface area contributed by atoms with Crippen LogP contribution in [0, 0.1) is 0 Å². The molecule has 124 valence electrons. The predicted molar refractivity (Wildman–Crippen MR) is 76.7 cm³/mol. The molecular formula is C15H23NO6. The molecule has 0 spiro atoms. The summed E-state index contributed by atoms with van der Waals surface area (Å²) in [6, 6.07) is 0. The molecule has 0 amide bonds. The molecule has 3 atom stereocenters. The van der Waals surface area contributed by atoms with Crippen molar-refractivity contribution in [3.05, 3.63) is 11.6 Å². The van der Waals surface area contributed by atoms with Gasteiger partial charge >= 0.3 is 11.9 Å². The monoisotopic (exact) mass is 313 g/mol. The second-order valence-corrected chi connectivity index (χ2v) is 5.96. The summed E-state index contributed by atoms with van der Waals surface area (Å²) in [5.41, 5.74) is -2.33. The molecule has 0 unspecified atom stereocenters. The van der Waals surface area contributed by atoms with Gasteiger partial charge in [0.25, 0.3) is 0 Å². The quantitative estimate of drug-likeness (QED) is 0.543. The summed E-state index contributed by atoms with van der Waals surface area (Å²) in [6.45, 7) is 5.40. The molecule has 2 heterocycles. The maximum Gasteiger partial charge on any atom is 0.350 e. The Balaban J connectivity index is 2.01. The maximum atomic E-state index is 12.2. The zero-order valence-electron chi connectivity index (χ0n) is 13.2. The molecule has 1 saturated heterocycles. The second-order valence-electron chi connectivity index (χ2n) is 5.96. The molecule has 0 aromatic rings. The van der Waals surface area contributed by atoms with Crippen molar-refractivity contribution in [3.63, 3.8) is 0 Å². The van der Waals surface area contributed by atoms with Gasteiger partial charge in [-0.1, -0.05) is 13.0 Å². The van der Waals surface area contributed by atoms with Gasteiger partial charge in [-0.05, 0) is 19.8 Å². The Hall–Kier alpha value is -1.44. The molecule has 7 nitrogen and oxygen atoms in total. The van der Waals surface area contributed by atoms with E-state index in [1.807, 2.05) is 0 Å². The molecule has 0 aliphatic carbocycles. The van der Waals surface area contributed by atoms with Crippen LogP contribution in [-0.4, -0.2) is 64.2 Å². The summed E-state index contributed by atoms with van der Waals surface area (Å²) >= 11 is 0. The van der Waals surface area contributed by atoms with Crippen LogP contribution in [0.2, 0.25) is 0 Å². The highest BCUT2D eigenvalue weighted by atomic mass is 16.6. The number of fused-ring (bicyclic) bond motifs is 1. The normalized spacial score (nSPS) is 30.4. The molecule has 2 N–H and O–H groups in total. The van der Waals surface area contributed by atoms with Gasteiger partial charge in [0.1, 0.15) is 12.7 Å². The summed E-state index contributed by atoms with van der Waals surface area (Å²) in [6.07, 6.45) is 1.61. The molecule has 0 aromatic heterocycles. The molecule has 22 heavy (non-hydrogen) atoms. The Morgan fingerprint density at radius 2 is 2.23 bits per heavy atom. The standard InChI is InChI=1S/C15H23NO6/c1-4-14(3,22-10(2)17)13(19)21-9-11-5-7-16-8-6-12(18)15(11,16)20/h5,12,18,20H,4,6-9H2,1-3H3/t12-,14+,15+/m1/s1. The van der Waals surface area contributed by atoms with Crippen LogP contribution in [-0.2, 0) is 19.1 Å². The Bertz CT molecular complexity index is 504. The number of ether oxygens (including phenoxy) is 2. The van der Waals surface area contributed by atoms with Crippen LogP contribution >= 0.6 is 0 Å². The van der Waals surface area contributed by atoms with E-state index < -0.39 is 29.4 Å². The van der Waals surface area contributed by atoms with E-state index in [0.29, 0.717) is 25.1 Å². The third-order valence-corrected chi connectivity index (χ3v) is 4.48. The lowest BCUT2D eigenvalue weighted by molar-refractivity contribution is -0.180. The van der Waals surface area contributed by atoms with Crippen molar-refractivity contribution >= 4 is 11.9 Å². The van der Waals surface area contributed by atoms with Crippen molar-refractivity contribution < 1.29 is 29.3 Å². The van der Waals surface area contributed by atoms with Crippen LogP contribution in [0.1, 0.15) is 33.6 Å². The third-order valence-electron chi connectivity index (χ3n) is 4.48. The molecule has 2 aliphatic heterocycles. The number of esters is 2. The first kappa shape index (κ1) is 16.9. The van der Waals surface area contributed by atoms with Crippen LogP contribution < -0.4 is 0 Å². The van der Waals surface area contributed by atoms with Crippen molar-refractivity contribution in [1.29, 1.82) is 0 Å². The summed E-state index contributed by atoms with van der Waals surface area (Å²) in [4.78, 5) is 25.0. The number of rotatable bonds is 5. The average Bonchev–Trinajstić information content (AvgIpc) is 2.92. The summed E-state index contributed by atoms with van der Waals surface area (Å²) in [5.74, 6) is -1.22. The number of carbonyl (C=O) groups is 2. The van der Waals surface area contributed by atoms with Crippen molar-refractivity contribution in [2.75, 3.05) is 19.7 Å². The van der Waals surface area contributed by atoms with Crippen molar-refractivity contribution in [2.45, 2.75) is 51.0 Å². The number of aliphatic hydroxyl groups is 2. The largest absolute Gasteiger partial charge is 0.458 e. The molecule has 7 heteroatoms. The number of carbonyl (C=O) groups excluding carboxylic acids is 2. The summed E-state index contributed by atoms with van der Waals surface area (Å²) in [5, 5.41) is 20.6. The minimum atomic E-state index is -1.45. The average molecular weight is 313 g/mol. The van der Waals surface area contributed by atoms with Gasteiger partial charge in [0.15, 0.2) is 5.72 Å². The lowest BCUT2D eigenvalue weighted by Crippen LogP contribution is -2.50. The van der Waals surface area contributed by atoms with E-state index in [4.69, 9.17) is 9.47 Å². The van der Waals surface area contributed by atoms with Crippen LogP contribution in [0.3, 0.4) is 0 Å². The van der Waals surface area contributed by atoms with E-state index in [1.54, 1.807) is 17.9 Å². The first-order valence-electron chi connectivity index (χ1n) is 7.46. The molecule has 0 aromatic carbocycles. The zero-order valence-corrected chi connectivity index (χ0v) is 13.2. The smallest absolute Gasteiger partial charge is 0.350 e. The van der Waals surface area contributed by atoms with Gasteiger partial charge in [0.2, 0.25) is 5.60 Å². The van der Waals surface area contributed by atoms with Crippen LogP contribution in [0.5, 0.6) is 0 Å². The topological polar surface area (TPSA) is 96.3 Å². The van der Waals surface area contributed by atoms with Crippen molar-refractivity contribution in [3.8, 4) is 0 Å². The summed E-state index contributed by atoms with van der Waals surface area (Å²) in [7, 11) is 0. The highest BCUT2D eigenvalue weighted by molar-refractivity contribution is 5.82. The molecule has 0 bridgehead atoms. The molecule has 0 radical (unpaired) electrons. The molecular weight excluding hydrogens is 290 g/mol. The Morgan fingerprint density at radius 3 is 2.82 bits per heavy atom. The molecule has 2 aliphatic rings. The lowest BCUT2D eigenvalue weighted by Gasteiger charge is -2.32. The fourth-order valence-electron chi connectivity index (χ4n) is 2.92. The van der Waals surface area contributed by atoms with Crippen molar-refractivity contribution in [1.82, 2.24) is 4.90 Å². The molecule has 0 saturated carbocycles. The van der Waals surface area contributed by atoms with Gasteiger partial charge in [0, 0.05) is 25.6 Å². The summed E-state index contributed by atoms with van der Waals surface area (Å²) < 4.78 is 10.3. The lowest BCUT2D eigenvalue weighted by atomic mass is 10.00. The van der Waals surface area contributed by atoms with Crippen LogP contribution in [0.15, 0.2) is 11.6 Å². The fourth-order valence-corrected chi connectivity index (χ4v) is 2.92. The minimum Gasteiger partial charge on any atom is -0.458 e. The van der Waals surface area contributed by atoms with Gasteiger partial charge in [-0.15, -0.1) is 0 Å². The highest BCUT2D eigenvalue weighted by Gasteiger charge is 2.52. The van der Waals surface area contributed by atoms with Gasteiger partial charge < -0.3 is 19.7 Å². The Labute approximate surface area is 129 Å². The second kappa shape index (κ2) is 5.98. The fraction of sp³-hybridized carbons (Fsp3) is 0.733. The first-order valence-corrected chi connectivity index (χ1v) is 7.46. The number of hydrogen-bond acceptors (Lipinski definition) is 7. The number of hydrogen-bond donors (Lipinski definition) is 2. The molecule has 1 fully saturated rings. The first-order chi connectivity index (χ1) is 10.2. The SMILES string of the molecule is CC[C@](C)(OC(C)=O)C(=O)OCC1=CCN2CC[C@@H](O)[C@@]12O.